The van der Waals surface area contributed by atoms with Crippen LogP contribution in [-0.2, 0) is 24.1 Å². The van der Waals surface area contributed by atoms with Crippen molar-refractivity contribution in [3.05, 3.63) is 23.7 Å². The van der Waals surface area contributed by atoms with E-state index in [9.17, 15) is 13.2 Å². The van der Waals surface area contributed by atoms with Crippen molar-refractivity contribution in [2.24, 2.45) is 19.8 Å². The fraction of sp³-hybridized carbons (Fsp3) is 0.385. The number of primary amides is 1. The Morgan fingerprint density at radius 2 is 2.09 bits per heavy atom. The minimum Gasteiger partial charge on any atom is -0.474 e. The number of hydrogen-bond acceptors (Lipinski definition) is 5. The summed E-state index contributed by atoms with van der Waals surface area (Å²) in [5.74, 6) is -0.280. The van der Waals surface area contributed by atoms with Crippen LogP contribution in [0.15, 0.2) is 17.2 Å². The highest BCUT2D eigenvalue weighted by molar-refractivity contribution is 7.92. The van der Waals surface area contributed by atoms with Crippen LogP contribution >= 0.6 is 0 Å². The quantitative estimate of drug-likeness (QED) is 0.829. The fourth-order valence-electron chi connectivity index (χ4n) is 2.70. The van der Waals surface area contributed by atoms with E-state index in [-0.39, 0.29) is 23.7 Å². The lowest BCUT2D eigenvalue weighted by atomic mass is 10.3. The first kappa shape index (κ1) is 15.4. The zero-order valence-corrected chi connectivity index (χ0v) is 13.8. The molecule has 0 saturated carbocycles. The molecule has 2 N–H and O–H groups in total. The Balaban J connectivity index is 2.12. The Labute approximate surface area is 133 Å². The summed E-state index contributed by atoms with van der Waals surface area (Å²) in [5.41, 5.74) is 6.35. The maximum atomic E-state index is 13.0. The van der Waals surface area contributed by atoms with Crippen LogP contribution in [-0.4, -0.2) is 41.8 Å². The molecule has 0 bridgehead atoms. The van der Waals surface area contributed by atoms with Gasteiger partial charge in [0.1, 0.15) is 22.9 Å². The van der Waals surface area contributed by atoms with E-state index in [2.05, 4.69) is 5.10 Å². The van der Waals surface area contributed by atoms with E-state index in [0.29, 0.717) is 17.3 Å². The summed E-state index contributed by atoms with van der Waals surface area (Å²) in [5, 5.41) is 4.21. The number of ether oxygens (including phenoxy) is 1. The van der Waals surface area contributed by atoms with Gasteiger partial charge in [-0.1, -0.05) is 0 Å². The number of amides is 1. The number of nitrogens with two attached hydrogens (primary N) is 1. The molecule has 0 saturated heterocycles. The predicted octanol–water partition coefficient (Wildman–Crippen LogP) is -0.246. The molecule has 0 radical (unpaired) electrons. The molecule has 3 heterocycles. The molecular formula is C13H17N5O4S. The summed E-state index contributed by atoms with van der Waals surface area (Å²) in [4.78, 5) is 11.4. The van der Waals surface area contributed by atoms with E-state index in [4.69, 9.17) is 10.5 Å². The highest BCUT2D eigenvalue weighted by atomic mass is 32.2. The Bertz CT molecular complexity index is 896. The van der Waals surface area contributed by atoms with Gasteiger partial charge in [0.05, 0.1) is 12.2 Å². The molecular weight excluding hydrogens is 322 g/mol. The molecule has 23 heavy (non-hydrogen) atoms. The molecule has 1 aliphatic rings. The van der Waals surface area contributed by atoms with Crippen molar-refractivity contribution in [1.29, 1.82) is 0 Å². The minimum absolute atomic E-state index is 0.00454. The van der Waals surface area contributed by atoms with Crippen molar-refractivity contribution in [2.45, 2.75) is 11.8 Å². The van der Waals surface area contributed by atoms with Crippen LogP contribution in [0.4, 0.5) is 5.69 Å². The van der Waals surface area contributed by atoms with Crippen LogP contribution in [0.25, 0.3) is 0 Å². The topological polar surface area (TPSA) is 112 Å². The van der Waals surface area contributed by atoms with Crippen molar-refractivity contribution < 1.29 is 17.9 Å². The summed E-state index contributed by atoms with van der Waals surface area (Å²) in [6, 6.07) is 1.28. The van der Waals surface area contributed by atoms with Gasteiger partial charge in [-0.05, 0) is 13.0 Å². The largest absolute Gasteiger partial charge is 0.474 e. The smallest absolute Gasteiger partial charge is 0.266 e. The van der Waals surface area contributed by atoms with E-state index >= 15 is 0 Å². The summed E-state index contributed by atoms with van der Waals surface area (Å²) in [6.45, 7) is 2.11. The van der Waals surface area contributed by atoms with Crippen LogP contribution < -0.4 is 14.8 Å². The molecule has 1 amide bonds. The first-order valence-electron chi connectivity index (χ1n) is 6.88. The number of carbonyl (C=O) groups is 1. The van der Waals surface area contributed by atoms with E-state index in [1.54, 1.807) is 21.0 Å². The lowest BCUT2D eigenvalue weighted by Crippen LogP contribution is -2.38. The van der Waals surface area contributed by atoms with Gasteiger partial charge in [-0.25, -0.2) is 13.1 Å². The Morgan fingerprint density at radius 1 is 1.39 bits per heavy atom. The molecule has 0 aliphatic carbocycles. The van der Waals surface area contributed by atoms with Crippen molar-refractivity contribution in [2.75, 3.05) is 17.5 Å². The summed E-state index contributed by atoms with van der Waals surface area (Å²) in [6.07, 6.45) is 1.37. The first-order chi connectivity index (χ1) is 10.7. The van der Waals surface area contributed by atoms with Gasteiger partial charge in [-0.15, -0.1) is 0 Å². The second-order valence-electron chi connectivity index (χ2n) is 5.32. The number of anilines is 1. The molecule has 124 valence electrons. The highest BCUT2D eigenvalue weighted by Gasteiger charge is 2.35. The van der Waals surface area contributed by atoms with Gasteiger partial charge in [0, 0.05) is 20.3 Å². The van der Waals surface area contributed by atoms with E-state index in [0.717, 1.165) is 0 Å². The molecule has 0 atom stereocenters. The Hall–Kier alpha value is -2.49. The maximum Gasteiger partial charge on any atom is 0.266 e. The number of hydrogen-bond donors (Lipinski definition) is 1. The van der Waals surface area contributed by atoms with E-state index in [1.165, 1.54) is 25.8 Å². The molecule has 0 fully saturated rings. The van der Waals surface area contributed by atoms with Gasteiger partial charge in [0.15, 0.2) is 0 Å². The van der Waals surface area contributed by atoms with Crippen LogP contribution in [0, 0.1) is 6.92 Å². The number of aryl methyl sites for hydroxylation is 3. The molecule has 9 nitrogen and oxygen atoms in total. The lowest BCUT2D eigenvalue weighted by molar-refractivity contribution is 0.0992. The zero-order chi connectivity index (χ0) is 16.9. The second-order valence-corrected chi connectivity index (χ2v) is 7.19. The summed E-state index contributed by atoms with van der Waals surface area (Å²) >= 11 is 0. The third-order valence-electron chi connectivity index (χ3n) is 3.74. The van der Waals surface area contributed by atoms with E-state index in [1.807, 2.05) is 0 Å². The second kappa shape index (κ2) is 5.01. The Kier molecular flexibility index (Phi) is 3.36. The third kappa shape index (κ3) is 2.25. The van der Waals surface area contributed by atoms with Crippen molar-refractivity contribution >= 4 is 21.6 Å². The van der Waals surface area contributed by atoms with Gasteiger partial charge in [-0.2, -0.15) is 5.10 Å². The summed E-state index contributed by atoms with van der Waals surface area (Å²) in [7, 11) is -0.590. The zero-order valence-electron chi connectivity index (χ0n) is 13.0. The average Bonchev–Trinajstić information content (AvgIpc) is 3.01. The standard InChI is InChI=1S/C13H17N5O4S/c1-8-11-13(17(3)15-8)22-5-4-18(11)23(20,21)9-6-10(12(14)19)16(2)7-9/h6-7H,4-5H2,1-3H3,(H2,14,19). The van der Waals surface area contributed by atoms with Crippen molar-refractivity contribution in [3.8, 4) is 5.88 Å². The minimum atomic E-state index is -3.85. The summed E-state index contributed by atoms with van der Waals surface area (Å²) < 4.78 is 35.6. The molecule has 1 aliphatic heterocycles. The van der Waals surface area contributed by atoms with Gasteiger partial charge >= 0.3 is 0 Å². The molecule has 0 spiro atoms. The monoisotopic (exact) mass is 339 g/mol. The highest BCUT2D eigenvalue weighted by Crippen LogP contribution is 2.37. The SMILES string of the molecule is Cc1nn(C)c2c1N(S(=O)(=O)c1cc(C(N)=O)n(C)c1)CCO2. The number of sulfonamides is 1. The number of fused-ring (bicyclic) bond motifs is 1. The molecule has 0 unspecified atom stereocenters. The first-order valence-corrected chi connectivity index (χ1v) is 8.32. The molecule has 2 aromatic rings. The number of carbonyl (C=O) groups excluding carboxylic acids is 1. The molecule has 0 aromatic carbocycles. The number of rotatable bonds is 3. The predicted molar refractivity (Wildman–Crippen MR) is 81.9 cm³/mol. The van der Waals surface area contributed by atoms with Crippen LogP contribution in [0.3, 0.4) is 0 Å². The fourth-order valence-corrected chi connectivity index (χ4v) is 4.27. The van der Waals surface area contributed by atoms with Crippen LogP contribution in [0.2, 0.25) is 0 Å². The van der Waals surface area contributed by atoms with Crippen molar-refractivity contribution in [1.82, 2.24) is 14.3 Å². The van der Waals surface area contributed by atoms with Gasteiger partial charge < -0.3 is 15.0 Å². The van der Waals surface area contributed by atoms with Gasteiger partial charge in [0.25, 0.3) is 15.9 Å². The maximum absolute atomic E-state index is 13.0. The van der Waals surface area contributed by atoms with Crippen LogP contribution in [0.5, 0.6) is 5.88 Å². The lowest BCUT2D eigenvalue weighted by Gasteiger charge is -2.28. The molecule has 2 aromatic heterocycles. The van der Waals surface area contributed by atoms with E-state index < -0.39 is 15.9 Å². The number of aromatic nitrogens is 3. The Morgan fingerprint density at radius 3 is 2.70 bits per heavy atom. The van der Waals surface area contributed by atoms with Gasteiger partial charge in [0.2, 0.25) is 5.88 Å². The third-order valence-corrected chi connectivity index (χ3v) is 5.51. The van der Waals surface area contributed by atoms with Crippen LogP contribution in [0.1, 0.15) is 16.2 Å². The van der Waals surface area contributed by atoms with Crippen molar-refractivity contribution in [3.63, 3.8) is 0 Å². The molecule has 10 heteroatoms. The average molecular weight is 339 g/mol. The van der Waals surface area contributed by atoms with Gasteiger partial charge in [-0.3, -0.25) is 9.10 Å². The normalized spacial score (nSPS) is 14.5. The number of nitrogens with zero attached hydrogens (tertiary/aromatic N) is 4. The molecule has 3 rings (SSSR count).